The molecule has 8 heteroatoms. The minimum atomic E-state index is -0.00879. The van der Waals surface area contributed by atoms with E-state index in [9.17, 15) is 9.59 Å². The van der Waals surface area contributed by atoms with Crippen LogP contribution in [-0.2, 0) is 24.2 Å². The summed E-state index contributed by atoms with van der Waals surface area (Å²) in [6.45, 7) is 3.37. The number of unbranched alkanes of at least 4 members (excludes halogenated alkanes) is 2. The first-order chi connectivity index (χ1) is 15.2. The van der Waals surface area contributed by atoms with Gasteiger partial charge in [0.2, 0.25) is 11.7 Å². The molecule has 4 aromatic rings. The second kappa shape index (κ2) is 9.87. The number of thiophene rings is 1. The lowest BCUT2D eigenvalue weighted by atomic mass is 10.1. The molecule has 162 valence electrons. The van der Waals surface area contributed by atoms with Crippen molar-refractivity contribution in [1.82, 2.24) is 24.5 Å². The van der Waals surface area contributed by atoms with Crippen LogP contribution in [0, 0.1) is 0 Å². The summed E-state index contributed by atoms with van der Waals surface area (Å²) in [6, 6.07) is 12.0. The highest BCUT2D eigenvalue weighted by molar-refractivity contribution is 7.17. The van der Waals surface area contributed by atoms with E-state index in [1.54, 1.807) is 4.57 Å². The van der Waals surface area contributed by atoms with Gasteiger partial charge in [0, 0.05) is 25.9 Å². The smallest absolute Gasteiger partial charge is 0.272 e. The fourth-order valence-electron chi connectivity index (χ4n) is 3.77. The molecular formula is C23H27N5O2S. The SMILES string of the molecule is CCCCCn1c(=O)c2sccc2n2c(CCC(=O)NCCc3ccccc3)nnc12. The Balaban J connectivity index is 1.48. The summed E-state index contributed by atoms with van der Waals surface area (Å²) >= 11 is 1.44. The summed E-state index contributed by atoms with van der Waals surface area (Å²) in [4.78, 5) is 25.3. The molecule has 0 aliphatic rings. The topological polar surface area (TPSA) is 81.3 Å². The average Bonchev–Trinajstić information content (AvgIpc) is 3.42. The maximum absolute atomic E-state index is 12.9. The van der Waals surface area contributed by atoms with Crippen molar-refractivity contribution in [3.8, 4) is 0 Å². The van der Waals surface area contributed by atoms with Gasteiger partial charge in [-0.15, -0.1) is 21.5 Å². The molecule has 3 aromatic heterocycles. The van der Waals surface area contributed by atoms with Crippen LogP contribution in [0.5, 0.6) is 0 Å². The van der Waals surface area contributed by atoms with E-state index in [0.717, 1.165) is 31.2 Å². The van der Waals surface area contributed by atoms with Crippen LogP contribution in [0.2, 0.25) is 0 Å². The first-order valence-corrected chi connectivity index (χ1v) is 11.7. The Bertz CT molecular complexity index is 1230. The maximum atomic E-state index is 12.9. The lowest BCUT2D eigenvalue weighted by molar-refractivity contribution is -0.121. The van der Waals surface area contributed by atoms with Crippen molar-refractivity contribution in [2.45, 2.75) is 52.0 Å². The van der Waals surface area contributed by atoms with E-state index >= 15 is 0 Å². The summed E-state index contributed by atoms with van der Waals surface area (Å²) in [5, 5.41) is 13.5. The molecule has 7 nitrogen and oxygen atoms in total. The second-order valence-electron chi connectivity index (χ2n) is 7.64. The number of amides is 1. The van der Waals surface area contributed by atoms with Crippen LogP contribution in [0.25, 0.3) is 16.0 Å². The summed E-state index contributed by atoms with van der Waals surface area (Å²) in [7, 11) is 0. The van der Waals surface area contributed by atoms with Crippen LogP contribution in [0.15, 0.2) is 46.6 Å². The quantitative estimate of drug-likeness (QED) is 0.385. The number of carbonyl (C=O) groups is 1. The first-order valence-electron chi connectivity index (χ1n) is 10.8. The molecule has 0 saturated carbocycles. The molecule has 0 saturated heterocycles. The molecule has 0 unspecified atom stereocenters. The number of aromatic nitrogens is 4. The van der Waals surface area contributed by atoms with Crippen molar-refractivity contribution >= 4 is 33.2 Å². The normalized spacial score (nSPS) is 11.4. The molecule has 0 aliphatic carbocycles. The van der Waals surface area contributed by atoms with Gasteiger partial charge in [-0.25, -0.2) is 0 Å². The third kappa shape index (κ3) is 4.69. The van der Waals surface area contributed by atoms with Crippen molar-refractivity contribution in [1.29, 1.82) is 0 Å². The zero-order valence-electron chi connectivity index (χ0n) is 17.7. The van der Waals surface area contributed by atoms with Gasteiger partial charge in [0.15, 0.2) is 0 Å². The molecule has 0 bridgehead atoms. The lowest BCUT2D eigenvalue weighted by Gasteiger charge is -2.09. The van der Waals surface area contributed by atoms with Gasteiger partial charge in [0.25, 0.3) is 5.56 Å². The van der Waals surface area contributed by atoms with E-state index in [1.165, 1.54) is 16.9 Å². The summed E-state index contributed by atoms with van der Waals surface area (Å²) in [5.41, 5.74) is 2.01. The first kappa shape index (κ1) is 21.2. The summed E-state index contributed by atoms with van der Waals surface area (Å²) < 4.78 is 4.37. The number of aryl methyl sites for hydroxylation is 2. The highest BCUT2D eigenvalue weighted by Crippen LogP contribution is 2.20. The number of rotatable bonds is 10. The molecule has 1 aromatic carbocycles. The van der Waals surface area contributed by atoms with Crippen LogP contribution < -0.4 is 10.9 Å². The zero-order valence-corrected chi connectivity index (χ0v) is 18.5. The molecule has 0 spiro atoms. The Morgan fingerprint density at radius 2 is 1.94 bits per heavy atom. The molecule has 31 heavy (non-hydrogen) atoms. The molecule has 4 rings (SSSR count). The van der Waals surface area contributed by atoms with Crippen molar-refractivity contribution in [3.05, 3.63) is 63.5 Å². The number of nitrogens with one attached hydrogen (secondary N) is 1. The Labute approximate surface area is 184 Å². The minimum absolute atomic E-state index is 0.00814. The van der Waals surface area contributed by atoms with Gasteiger partial charge in [-0.05, 0) is 29.9 Å². The second-order valence-corrected chi connectivity index (χ2v) is 8.55. The fraction of sp³-hybridized carbons (Fsp3) is 0.391. The molecule has 3 heterocycles. The van der Waals surface area contributed by atoms with Crippen molar-refractivity contribution < 1.29 is 4.79 Å². The molecule has 0 aliphatic heterocycles. The van der Waals surface area contributed by atoms with E-state index in [-0.39, 0.29) is 11.5 Å². The van der Waals surface area contributed by atoms with Crippen molar-refractivity contribution in [2.24, 2.45) is 0 Å². The van der Waals surface area contributed by atoms with Gasteiger partial charge in [-0.1, -0.05) is 50.1 Å². The number of fused-ring (bicyclic) bond motifs is 3. The van der Waals surface area contributed by atoms with Gasteiger partial charge in [0.1, 0.15) is 10.5 Å². The molecule has 0 fully saturated rings. The highest BCUT2D eigenvalue weighted by Gasteiger charge is 2.17. The Morgan fingerprint density at radius 1 is 1.10 bits per heavy atom. The standard InChI is InChI=1S/C23H27N5O2S/c1-2-3-7-15-27-22(30)21-18(13-16-31-21)28-19(25-26-23(27)28)10-11-20(29)24-14-12-17-8-5-4-6-9-17/h4-6,8-9,13,16H,2-3,7,10-12,14-15H2,1H3,(H,24,29). The Kier molecular flexibility index (Phi) is 6.76. The highest BCUT2D eigenvalue weighted by atomic mass is 32.1. The van der Waals surface area contributed by atoms with E-state index < -0.39 is 0 Å². The summed E-state index contributed by atoms with van der Waals surface area (Å²) in [6.07, 6.45) is 4.68. The largest absolute Gasteiger partial charge is 0.356 e. The monoisotopic (exact) mass is 437 g/mol. The summed E-state index contributed by atoms with van der Waals surface area (Å²) in [5.74, 6) is 1.26. The Hall–Kier alpha value is -3.00. The van der Waals surface area contributed by atoms with E-state index in [0.29, 0.717) is 42.2 Å². The van der Waals surface area contributed by atoms with Crippen molar-refractivity contribution in [3.63, 3.8) is 0 Å². The van der Waals surface area contributed by atoms with Gasteiger partial charge in [0.05, 0.1) is 5.52 Å². The number of hydrogen-bond acceptors (Lipinski definition) is 5. The third-order valence-electron chi connectivity index (χ3n) is 5.42. The minimum Gasteiger partial charge on any atom is -0.356 e. The van der Waals surface area contributed by atoms with Gasteiger partial charge < -0.3 is 5.32 Å². The molecule has 1 N–H and O–H groups in total. The average molecular weight is 438 g/mol. The predicted molar refractivity (Wildman–Crippen MR) is 124 cm³/mol. The van der Waals surface area contributed by atoms with Gasteiger partial charge in [-0.3, -0.25) is 18.6 Å². The molecule has 0 radical (unpaired) electrons. The predicted octanol–water partition coefficient (Wildman–Crippen LogP) is 3.59. The van der Waals surface area contributed by atoms with Crippen molar-refractivity contribution in [2.75, 3.05) is 6.54 Å². The number of nitrogens with zero attached hydrogens (tertiary/aromatic N) is 4. The van der Waals surface area contributed by atoms with Crippen LogP contribution in [0.4, 0.5) is 0 Å². The van der Waals surface area contributed by atoms with E-state index in [2.05, 4.69) is 34.6 Å². The fourth-order valence-corrected chi connectivity index (χ4v) is 4.59. The Morgan fingerprint density at radius 3 is 2.74 bits per heavy atom. The van der Waals surface area contributed by atoms with Crippen LogP contribution in [-0.4, -0.2) is 31.6 Å². The molecule has 1 amide bonds. The van der Waals surface area contributed by atoms with Crippen LogP contribution in [0.3, 0.4) is 0 Å². The zero-order chi connectivity index (χ0) is 21.6. The molecular weight excluding hydrogens is 410 g/mol. The molecule has 0 atom stereocenters. The van der Waals surface area contributed by atoms with Gasteiger partial charge in [-0.2, -0.15) is 0 Å². The number of benzene rings is 1. The maximum Gasteiger partial charge on any atom is 0.272 e. The lowest BCUT2D eigenvalue weighted by Crippen LogP contribution is -2.26. The number of carbonyl (C=O) groups excluding carboxylic acids is 1. The van der Waals surface area contributed by atoms with Gasteiger partial charge >= 0.3 is 0 Å². The van der Waals surface area contributed by atoms with Crippen LogP contribution in [0.1, 0.15) is 44.0 Å². The third-order valence-corrected chi connectivity index (χ3v) is 6.31. The van der Waals surface area contributed by atoms with E-state index in [1.807, 2.05) is 34.0 Å². The van der Waals surface area contributed by atoms with Crippen LogP contribution >= 0.6 is 11.3 Å². The van der Waals surface area contributed by atoms with E-state index in [4.69, 9.17) is 0 Å². The number of hydrogen-bond donors (Lipinski definition) is 1.